The van der Waals surface area contributed by atoms with Crippen LogP contribution in [0.2, 0.25) is 0 Å². The van der Waals surface area contributed by atoms with E-state index in [1.807, 2.05) is 0 Å². The lowest BCUT2D eigenvalue weighted by Gasteiger charge is -1.89. The zero-order chi connectivity index (χ0) is 5.54. The minimum absolute atomic E-state index is 0.748. The summed E-state index contributed by atoms with van der Waals surface area (Å²) in [5, 5.41) is 2.96. The lowest BCUT2D eigenvalue weighted by Crippen LogP contribution is -2.08. The molecule has 3 N–H and O–H groups in total. The van der Waals surface area contributed by atoms with Crippen molar-refractivity contribution >= 4 is 19.3 Å². The summed E-state index contributed by atoms with van der Waals surface area (Å²) in [6, 6.07) is 0. The molecule has 0 aromatic carbocycles. The highest BCUT2D eigenvalue weighted by atomic mass is 32.4. The molecule has 4 heteroatoms. The molecule has 0 rings (SSSR count). The van der Waals surface area contributed by atoms with Crippen LogP contribution in [0.3, 0.4) is 0 Å². The number of hydrogen-bond acceptors (Lipinski definition) is 2. The summed E-state index contributed by atoms with van der Waals surface area (Å²) in [5.41, 5.74) is 5.19. The molecule has 0 atom stereocenters. The molecule has 0 unspecified atom stereocenters. The fraction of sp³-hybridized carbons (Fsp3) is 1.00. The summed E-state index contributed by atoms with van der Waals surface area (Å²) >= 11 is 4.59. The lowest BCUT2D eigenvalue weighted by atomic mass is 10.4. The molecule has 0 heterocycles. The Hall–Kier alpha value is 0.440. The van der Waals surface area contributed by atoms with E-state index in [-0.39, 0.29) is 0 Å². The van der Waals surface area contributed by atoms with Gasteiger partial charge in [-0.05, 0) is 24.8 Å². The van der Waals surface area contributed by atoms with E-state index in [2.05, 4.69) is 16.9 Å². The second-order valence-electron chi connectivity index (χ2n) is 1.14. The second kappa shape index (κ2) is 6.44. The monoisotopic (exact) mass is 136 g/mol. The fourth-order valence-electron chi connectivity index (χ4n) is 0.227. The van der Waals surface area contributed by atoms with E-state index in [9.17, 15) is 0 Å². The van der Waals surface area contributed by atoms with Gasteiger partial charge in [0.25, 0.3) is 0 Å². The molecule has 0 aromatic rings. The Kier molecular flexibility index (Phi) is 6.84. The van der Waals surface area contributed by atoms with Gasteiger partial charge in [0, 0.05) is 6.54 Å². The molecule has 2 nitrogen and oxygen atoms in total. The standard InChI is InChI=1S/C3H9N2PS/c4-2-1-3-5-6-7/h1-4H2,(H,5,7). The summed E-state index contributed by atoms with van der Waals surface area (Å²) in [6.07, 6.45) is 1.02. The molecule has 0 bridgehead atoms. The van der Waals surface area contributed by atoms with Crippen molar-refractivity contribution in [3.05, 3.63) is 0 Å². The molecule has 0 saturated heterocycles. The Morgan fingerprint density at radius 1 is 1.71 bits per heavy atom. The van der Waals surface area contributed by atoms with Crippen LogP contribution in [-0.4, -0.2) is 13.1 Å². The minimum Gasteiger partial charge on any atom is -0.330 e. The van der Waals surface area contributed by atoms with Gasteiger partial charge in [-0.3, -0.25) is 5.09 Å². The average Bonchev–Trinajstić information content (AvgIpc) is 1.69. The molecule has 0 aliphatic carbocycles. The van der Waals surface area contributed by atoms with Crippen LogP contribution in [0.25, 0.3) is 0 Å². The van der Waals surface area contributed by atoms with Gasteiger partial charge in [0.05, 0.1) is 7.51 Å². The first-order valence-corrected chi connectivity index (χ1v) is 4.08. The molecule has 0 amide bonds. The van der Waals surface area contributed by atoms with Gasteiger partial charge in [0.2, 0.25) is 0 Å². The molecular formula is C3H9N2PS. The Labute approximate surface area is 50.4 Å². The number of hydrogen-bond donors (Lipinski definition) is 2. The number of rotatable bonds is 4. The predicted octanol–water partition coefficient (Wildman–Crippen LogP) is 0.248. The van der Waals surface area contributed by atoms with Crippen molar-refractivity contribution in [1.29, 1.82) is 0 Å². The quantitative estimate of drug-likeness (QED) is 0.429. The molecule has 0 saturated carbocycles. The van der Waals surface area contributed by atoms with Crippen LogP contribution >= 0.6 is 7.51 Å². The van der Waals surface area contributed by atoms with Crippen LogP contribution in [0.5, 0.6) is 0 Å². The van der Waals surface area contributed by atoms with Gasteiger partial charge in [-0.1, -0.05) is 0 Å². The van der Waals surface area contributed by atoms with Crippen LogP contribution < -0.4 is 10.8 Å². The largest absolute Gasteiger partial charge is 0.330 e. The molecular weight excluding hydrogens is 127 g/mol. The molecule has 0 aliphatic rings. The smallest absolute Gasteiger partial charge is 0.0585 e. The zero-order valence-corrected chi connectivity index (χ0v) is 5.77. The number of nitrogens with one attached hydrogen (secondary N) is 1. The van der Waals surface area contributed by atoms with Crippen molar-refractivity contribution in [1.82, 2.24) is 5.09 Å². The lowest BCUT2D eigenvalue weighted by molar-refractivity contribution is 0.809. The summed E-state index contributed by atoms with van der Waals surface area (Å²) in [4.78, 5) is 0. The molecule has 0 aliphatic heterocycles. The third-order valence-corrected chi connectivity index (χ3v) is 1.30. The molecule has 7 heavy (non-hydrogen) atoms. The van der Waals surface area contributed by atoms with Crippen molar-refractivity contribution < 1.29 is 0 Å². The topological polar surface area (TPSA) is 38.0 Å². The van der Waals surface area contributed by atoms with E-state index in [0.717, 1.165) is 27.0 Å². The highest BCUT2D eigenvalue weighted by molar-refractivity contribution is 7.95. The fourth-order valence-corrected chi connectivity index (χ4v) is 0.750. The van der Waals surface area contributed by atoms with Gasteiger partial charge in [0.15, 0.2) is 0 Å². The highest BCUT2D eigenvalue weighted by Crippen LogP contribution is 1.80. The third-order valence-electron chi connectivity index (χ3n) is 0.557. The van der Waals surface area contributed by atoms with Crippen LogP contribution in [0.4, 0.5) is 0 Å². The first-order valence-electron chi connectivity index (χ1n) is 2.17. The third kappa shape index (κ3) is 6.44. The normalized spacial score (nSPS) is 9.86. The van der Waals surface area contributed by atoms with Crippen molar-refractivity contribution in [2.75, 3.05) is 13.1 Å². The maximum atomic E-state index is 5.19. The molecule has 0 radical (unpaired) electrons. The van der Waals surface area contributed by atoms with Crippen LogP contribution in [0.1, 0.15) is 6.42 Å². The Morgan fingerprint density at radius 2 is 2.43 bits per heavy atom. The van der Waals surface area contributed by atoms with Crippen molar-refractivity contribution in [3.63, 3.8) is 0 Å². The summed E-state index contributed by atoms with van der Waals surface area (Å²) in [7, 11) is 0.832. The number of nitrogens with two attached hydrogens (primary N) is 1. The second-order valence-corrected chi connectivity index (χ2v) is 2.19. The maximum Gasteiger partial charge on any atom is 0.0585 e. The maximum absolute atomic E-state index is 5.19. The van der Waals surface area contributed by atoms with Gasteiger partial charge in [-0.15, -0.1) is 0 Å². The van der Waals surface area contributed by atoms with E-state index in [0.29, 0.717) is 0 Å². The molecule has 0 aromatic heterocycles. The zero-order valence-electron chi connectivity index (χ0n) is 4.05. The first kappa shape index (κ1) is 7.44. The van der Waals surface area contributed by atoms with Gasteiger partial charge >= 0.3 is 0 Å². The highest BCUT2D eigenvalue weighted by Gasteiger charge is 1.76. The Balaban J connectivity index is 2.56. The van der Waals surface area contributed by atoms with Crippen molar-refractivity contribution in [3.8, 4) is 0 Å². The van der Waals surface area contributed by atoms with E-state index >= 15 is 0 Å². The van der Waals surface area contributed by atoms with E-state index in [1.165, 1.54) is 0 Å². The Bertz CT molecular complexity index is 50.2. The van der Waals surface area contributed by atoms with Crippen molar-refractivity contribution in [2.45, 2.75) is 6.42 Å². The SMILES string of the molecule is NCCCNP=S. The van der Waals surface area contributed by atoms with Gasteiger partial charge in [0.1, 0.15) is 0 Å². The molecule has 42 valence electrons. The van der Waals surface area contributed by atoms with Gasteiger partial charge in [-0.2, -0.15) is 0 Å². The summed E-state index contributed by atoms with van der Waals surface area (Å²) < 4.78 is 0. The summed E-state index contributed by atoms with van der Waals surface area (Å²) in [5.74, 6) is 0. The summed E-state index contributed by atoms with van der Waals surface area (Å²) in [6.45, 7) is 1.69. The Morgan fingerprint density at radius 3 is 2.86 bits per heavy atom. The average molecular weight is 136 g/mol. The van der Waals surface area contributed by atoms with E-state index in [1.54, 1.807) is 0 Å². The van der Waals surface area contributed by atoms with Crippen LogP contribution in [0.15, 0.2) is 0 Å². The van der Waals surface area contributed by atoms with E-state index in [4.69, 9.17) is 5.73 Å². The van der Waals surface area contributed by atoms with Crippen molar-refractivity contribution in [2.24, 2.45) is 5.73 Å². The van der Waals surface area contributed by atoms with E-state index < -0.39 is 0 Å². The first-order chi connectivity index (χ1) is 3.41. The van der Waals surface area contributed by atoms with Crippen LogP contribution in [-0.2, 0) is 11.8 Å². The van der Waals surface area contributed by atoms with Gasteiger partial charge < -0.3 is 5.73 Å². The molecule has 0 fully saturated rings. The van der Waals surface area contributed by atoms with Gasteiger partial charge in [-0.25, -0.2) is 0 Å². The molecule has 0 spiro atoms. The van der Waals surface area contributed by atoms with Crippen LogP contribution in [0, 0.1) is 0 Å². The minimum atomic E-state index is 0.748. The predicted molar refractivity (Wildman–Crippen MR) is 36.0 cm³/mol.